The summed E-state index contributed by atoms with van der Waals surface area (Å²) in [6.45, 7) is 2.04. The molecule has 2 heterocycles. The summed E-state index contributed by atoms with van der Waals surface area (Å²) in [5.41, 5.74) is 9.22. The number of nitrogens with two attached hydrogens (primary N) is 1. The van der Waals surface area contributed by atoms with Crippen molar-refractivity contribution in [2.24, 2.45) is 5.73 Å². The largest absolute Gasteiger partial charge is 0.490 e. The highest BCUT2D eigenvalue weighted by atomic mass is 16.5. The third kappa shape index (κ3) is 2.80. The molecule has 1 aliphatic carbocycles. The molecule has 0 amide bonds. The van der Waals surface area contributed by atoms with Gasteiger partial charge in [-0.05, 0) is 49.8 Å². The Morgan fingerprint density at radius 1 is 1.31 bits per heavy atom. The van der Waals surface area contributed by atoms with Crippen LogP contribution in [0.3, 0.4) is 0 Å². The Balaban J connectivity index is 1.69. The van der Waals surface area contributed by atoms with Crippen molar-refractivity contribution in [1.82, 2.24) is 10.2 Å². The highest BCUT2D eigenvalue weighted by Crippen LogP contribution is 2.43. The first-order valence-corrected chi connectivity index (χ1v) is 9.12. The van der Waals surface area contributed by atoms with Crippen LogP contribution in [-0.2, 0) is 6.42 Å². The van der Waals surface area contributed by atoms with E-state index in [1.54, 1.807) is 0 Å². The molecule has 0 bridgehead atoms. The molecule has 6 nitrogen and oxygen atoms in total. The maximum Gasteiger partial charge on any atom is 0.244 e. The molecule has 1 aliphatic heterocycles. The Morgan fingerprint density at radius 3 is 2.69 bits per heavy atom. The van der Waals surface area contributed by atoms with Crippen LogP contribution in [0.2, 0.25) is 0 Å². The van der Waals surface area contributed by atoms with E-state index >= 15 is 0 Å². The number of hydrogen-bond donors (Lipinski definition) is 2. The van der Waals surface area contributed by atoms with Crippen LogP contribution < -0.4 is 15.2 Å². The summed E-state index contributed by atoms with van der Waals surface area (Å²) in [5, 5.41) is 16.9. The van der Waals surface area contributed by atoms with Gasteiger partial charge in [0.15, 0.2) is 0 Å². The number of H-pyrrole nitrogens is 1. The Bertz CT molecular complexity index is 870. The van der Waals surface area contributed by atoms with E-state index in [-0.39, 0.29) is 11.8 Å². The zero-order valence-electron chi connectivity index (χ0n) is 14.8. The van der Waals surface area contributed by atoms with Crippen LogP contribution in [0.25, 0.3) is 0 Å². The van der Waals surface area contributed by atoms with Crippen molar-refractivity contribution >= 4 is 0 Å². The summed E-state index contributed by atoms with van der Waals surface area (Å²) in [7, 11) is 0. The van der Waals surface area contributed by atoms with E-state index in [1.165, 1.54) is 12.8 Å². The first kappa shape index (κ1) is 16.5. The van der Waals surface area contributed by atoms with Crippen LogP contribution in [0.1, 0.15) is 55.3 Å². The van der Waals surface area contributed by atoms with Crippen molar-refractivity contribution in [3.05, 3.63) is 52.5 Å². The van der Waals surface area contributed by atoms with Gasteiger partial charge < -0.3 is 15.2 Å². The molecule has 26 heavy (non-hydrogen) atoms. The lowest BCUT2D eigenvalue weighted by Crippen LogP contribution is -2.21. The summed E-state index contributed by atoms with van der Waals surface area (Å²) >= 11 is 0. The van der Waals surface area contributed by atoms with Gasteiger partial charge in [-0.2, -0.15) is 5.26 Å². The molecule has 0 unspecified atom stereocenters. The van der Waals surface area contributed by atoms with Crippen molar-refractivity contribution in [3.8, 4) is 17.7 Å². The van der Waals surface area contributed by atoms with E-state index < -0.39 is 0 Å². The van der Waals surface area contributed by atoms with Gasteiger partial charge in [0.05, 0.1) is 12.0 Å². The maximum absolute atomic E-state index is 9.64. The van der Waals surface area contributed by atoms with Gasteiger partial charge in [-0.15, -0.1) is 5.10 Å². The number of aromatic nitrogens is 2. The molecule has 2 aliphatic rings. The monoisotopic (exact) mass is 350 g/mol. The van der Waals surface area contributed by atoms with Crippen molar-refractivity contribution in [2.45, 2.75) is 51.0 Å². The zero-order chi connectivity index (χ0) is 18.1. The molecule has 1 aromatic carbocycles. The summed E-state index contributed by atoms with van der Waals surface area (Å²) in [4.78, 5) is 0. The summed E-state index contributed by atoms with van der Waals surface area (Å²) < 4.78 is 11.6. The quantitative estimate of drug-likeness (QED) is 0.879. The number of ether oxygens (including phenoxy) is 2. The van der Waals surface area contributed by atoms with E-state index in [4.69, 9.17) is 15.2 Å². The number of nitrogens with one attached hydrogen (secondary N) is 1. The molecule has 0 saturated heterocycles. The van der Waals surface area contributed by atoms with Gasteiger partial charge in [0.1, 0.15) is 17.4 Å². The molecule has 0 radical (unpaired) electrons. The summed E-state index contributed by atoms with van der Waals surface area (Å²) in [6, 6.07) is 10.2. The Kier molecular flexibility index (Phi) is 4.29. The fourth-order valence-corrected chi connectivity index (χ4v) is 3.85. The van der Waals surface area contributed by atoms with Crippen LogP contribution in [0.4, 0.5) is 0 Å². The molecule has 0 spiro atoms. The second kappa shape index (κ2) is 6.75. The lowest BCUT2D eigenvalue weighted by atomic mass is 9.83. The van der Waals surface area contributed by atoms with Gasteiger partial charge in [0.2, 0.25) is 11.8 Å². The molecule has 1 fully saturated rings. The number of benzene rings is 1. The first-order chi connectivity index (χ1) is 12.7. The van der Waals surface area contributed by atoms with E-state index in [0.29, 0.717) is 17.6 Å². The molecule has 3 N–H and O–H groups in total. The zero-order valence-corrected chi connectivity index (χ0v) is 14.8. The molecule has 134 valence electrons. The van der Waals surface area contributed by atoms with Crippen molar-refractivity contribution in [1.29, 1.82) is 5.26 Å². The number of rotatable bonds is 4. The first-order valence-electron chi connectivity index (χ1n) is 9.12. The van der Waals surface area contributed by atoms with Crippen LogP contribution in [0, 0.1) is 11.3 Å². The molecule has 6 heteroatoms. The number of hydrogen-bond acceptors (Lipinski definition) is 5. The lowest BCUT2D eigenvalue weighted by molar-refractivity contribution is 0.210. The minimum Gasteiger partial charge on any atom is -0.490 e. The Labute approximate surface area is 152 Å². The van der Waals surface area contributed by atoms with Gasteiger partial charge in [0.25, 0.3) is 0 Å². The number of fused-ring (bicyclic) bond motifs is 1. The molecule has 1 saturated carbocycles. The fourth-order valence-electron chi connectivity index (χ4n) is 3.85. The predicted octanol–water partition coefficient (Wildman–Crippen LogP) is 3.51. The van der Waals surface area contributed by atoms with Gasteiger partial charge in [-0.1, -0.05) is 19.1 Å². The Hall–Kier alpha value is -2.94. The topological polar surface area (TPSA) is 97.0 Å². The molecule has 4 rings (SSSR count). The van der Waals surface area contributed by atoms with Crippen LogP contribution >= 0.6 is 0 Å². The van der Waals surface area contributed by atoms with Gasteiger partial charge in [0, 0.05) is 11.3 Å². The van der Waals surface area contributed by atoms with Gasteiger partial charge >= 0.3 is 0 Å². The average Bonchev–Trinajstić information content (AvgIpc) is 3.30. The average molecular weight is 350 g/mol. The number of aromatic amines is 1. The number of nitrogens with zero attached hydrogens (tertiary/aromatic N) is 2. The predicted molar refractivity (Wildman–Crippen MR) is 96.6 cm³/mol. The minimum atomic E-state index is -0.280. The molecule has 2 aromatic rings. The Morgan fingerprint density at radius 2 is 2.04 bits per heavy atom. The summed E-state index contributed by atoms with van der Waals surface area (Å²) in [6.07, 6.45) is 5.81. The van der Waals surface area contributed by atoms with Crippen molar-refractivity contribution in [3.63, 3.8) is 0 Å². The maximum atomic E-state index is 9.64. The minimum absolute atomic E-state index is 0.116. The van der Waals surface area contributed by atoms with Crippen molar-refractivity contribution < 1.29 is 9.47 Å². The van der Waals surface area contributed by atoms with E-state index in [9.17, 15) is 5.26 Å². The third-order valence-electron chi connectivity index (χ3n) is 5.19. The van der Waals surface area contributed by atoms with Crippen LogP contribution in [0.15, 0.2) is 35.7 Å². The van der Waals surface area contributed by atoms with Gasteiger partial charge in [-0.3, -0.25) is 5.10 Å². The van der Waals surface area contributed by atoms with Gasteiger partial charge in [-0.25, -0.2) is 0 Å². The highest BCUT2D eigenvalue weighted by Gasteiger charge is 2.34. The highest BCUT2D eigenvalue weighted by molar-refractivity contribution is 5.55. The molecular weight excluding hydrogens is 328 g/mol. The van der Waals surface area contributed by atoms with E-state index in [2.05, 4.69) is 16.3 Å². The normalized spacial score (nSPS) is 19.8. The third-order valence-corrected chi connectivity index (χ3v) is 5.19. The number of nitriles is 1. The smallest absolute Gasteiger partial charge is 0.244 e. The fraction of sp³-hybridized carbons (Fsp3) is 0.400. The molecule has 1 aromatic heterocycles. The second-order valence-electron chi connectivity index (χ2n) is 6.79. The van der Waals surface area contributed by atoms with Crippen LogP contribution in [0.5, 0.6) is 11.6 Å². The lowest BCUT2D eigenvalue weighted by Gasteiger charge is -2.24. The molecule has 1 atom stereocenters. The number of aryl methyl sites for hydroxylation is 1. The number of allylic oxidation sites excluding steroid dienone is 1. The second-order valence-corrected chi connectivity index (χ2v) is 6.79. The van der Waals surface area contributed by atoms with E-state index in [1.807, 2.05) is 31.2 Å². The van der Waals surface area contributed by atoms with Crippen molar-refractivity contribution in [2.75, 3.05) is 0 Å². The standard InChI is InChI=1S/C20H22N4O2/c1-2-16-18-17(15(11-21)19(22)26-20(18)24-23-16)12-7-9-14(10-8-12)25-13-5-3-4-6-13/h7-10,13,17H,2-6,22H2,1H3,(H,23,24)/t17-/m0/s1. The van der Waals surface area contributed by atoms with Crippen LogP contribution in [-0.4, -0.2) is 16.3 Å². The van der Waals surface area contributed by atoms with E-state index in [0.717, 1.165) is 41.8 Å². The SMILES string of the molecule is CCc1[nH]nc2c1[C@@H](c1ccc(OC3CCCC3)cc1)C(C#N)=C(N)O2. The summed E-state index contributed by atoms with van der Waals surface area (Å²) in [5.74, 6) is 1.16. The molecular formula is C20H22N4O2.